The minimum Gasteiger partial charge on any atom is -0.397 e. The van der Waals surface area contributed by atoms with Gasteiger partial charge in [-0.25, -0.2) is 0 Å². The van der Waals surface area contributed by atoms with E-state index < -0.39 is 0 Å². The van der Waals surface area contributed by atoms with Gasteiger partial charge < -0.3 is 15.8 Å². The Labute approximate surface area is 115 Å². The lowest BCUT2D eigenvalue weighted by Gasteiger charge is -2.27. The van der Waals surface area contributed by atoms with Crippen molar-refractivity contribution in [1.29, 1.82) is 0 Å². The second-order valence-corrected chi connectivity index (χ2v) is 6.22. The van der Waals surface area contributed by atoms with Crippen LogP contribution in [-0.4, -0.2) is 29.6 Å². The van der Waals surface area contributed by atoms with Crippen LogP contribution in [0, 0.1) is 0 Å². The lowest BCUT2D eigenvalue weighted by molar-refractivity contribution is -0.115. The van der Waals surface area contributed by atoms with Gasteiger partial charge in [-0.05, 0) is 25.1 Å². The summed E-state index contributed by atoms with van der Waals surface area (Å²) in [5.74, 6) is -0.0337. The number of anilines is 2. The first-order valence-electron chi connectivity index (χ1n) is 5.65. The molecule has 0 bridgehead atoms. The fourth-order valence-electron chi connectivity index (χ4n) is 1.51. The van der Waals surface area contributed by atoms with Crippen molar-refractivity contribution in [2.45, 2.75) is 17.4 Å². The van der Waals surface area contributed by atoms with Crippen LogP contribution in [0.3, 0.4) is 0 Å². The van der Waals surface area contributed by atoms with E-state index in [1.165, 1.54) is 0 Å². The summed E-state index contributed by atoms with van der Waals surface area (Å²) in [6.45, 7) is 3.35. The molecule has 1 aliphatic heterocycles. The summed E-state index contributed by atoms with van der Waals surface area (Å²) in [6.07, 6.45) is 0. The highest BCUT2D eigenvalue weighted by Crippen LogP contribution is 2.26. The summed E-state index contributed by atoms with van der Waals surface area (Å²) < 4.78 is 5.08. The first-order valence-corrected chi connectivity index (χ1v) is 6.97. The molecule has 1 aliphatic rings. The van der Waals surface area contributed by atoms with Gasteiger partial charge in [0.1, 0.15) is 0 Å². The van der Waals surface area contributed by atoms with E-state index in [4.69, 9.17) is 22.1 Å². The molecule has 3 N–H and O–H groups in total. The van der Waals surface area contributed by atoms with Gasteiger partial charge in [-0.15, -0.1) is 11.8 Å². The highest BCUT2D eigenvalue weighted by molar-refractivity contribution is 8.01. The van der Waals surface area contributed by atoms with Gasteiger partial charge in [0.2, 0.25) is 5.91 Å². The fourth-order valence-corrected chi connectivity index (χ4v) is 2.74. The number of nitrogen functional groups attached to an aromatic ring is 1. The van der Waals surface area contributed by atoms with Crippen LogP contribution in [-0.2, 0) is 9.53 Å². The van der Waals surface area contributed by atoms with E-state index in [0.717, 1.165) is 13.2 Å². The van der Waals surface area contributed by atoms with Crippen LogP contribution in [0.15, 0.2) is 18.2 Å². The maximum atomic E-state index is 11.9. The van der Waals surface area contributed by atoms with Crippen molar-refractivity contribution in [3.05, 3.63) is 23.2 Å². The Bertz CT molecular complexity index is 452. The van der Waals surface area contributed by atoms with Crippen molar-refractivity contribution < 1.29 is 9.53 Å². The van der Waals surface area contributed by atoms with Crippen molar-refractivity contribution in [2.24, 2.45) is 0 Å². The molecule has 0 radical (unpaired) electrons. The average molecular weight is 287 g/mol. The number of carbonyl (C=O) groups excluding carboxylic acids is 1. The van der Waals surface area contributed by atoms with E-state index in [-0.39, 0.29) is 11.2 Å². The molecule has 0 aliphatic carbocycles. The first-order chi connectivity index (χ1) is 8.56. The highest BCUT2D eigenvalue weighted by atomic mass is 35.5. The van der Waals surface area contributed by atoms with E-state index in [2.05, 4.69) is 5.32 Å². The van der Waals surface area contributed by atoms with Crippen LogP contribution in [0.4, 0.5) is 11.4 Å². The van der Waals surface area contributed by atoms with Crippen molar-refractivity contribution in [3.63, 3.8) is 0 Å². The number of halogens is 1. The number of benzene rings is 1. The Kier molecular flexibility index (Phi) is 4.37. The molecule has 18 heavy (non-hydrogen) atoms. The Morgan fingerprint density at radius 1 is 1.61 bits per heavy atom. The van der Waals surface area contributed by atoms with E-state index in [9.17, 15) is 4.79 Å². The fraction of sp³-hybridized carbons (Fsp3) is 0.417. The van der Waals surface area contributed by atoms with Crippen molar-refractivity contribution in [2.75, 3.05) is 24.3 Å². The quantitative estimate of drug-likeness (QED) is 0.834. The minimum atomic E-state index is -0.115. The van der Waals surface area contributed by atoms with Crippen LogP contribution in [0.2, 0.25) is 5.02 Å². The monoisotopic (exact) mass is 286 g/mol. The van der Waals surface area contributed by atoms with Crippen LogP contribution >= 0.6 is 23.4 Å². The highest BCUT2D eigenvalue weighted by Gasteiger charge is 2.25. The van der Waals surface area contributed by atoms with Crippen molar-refractivity contribution in [3.8, 4) is 0 Å². The largest absolute Gasteiger partial charge is 0.397 e. The van der Waals surface area contributed by atoms with Gasteiger partial charge in [0.25, 0.3) is 0 Å². The van der Waals surface area contributed by atoms with Gasteiger partial charge in [-0.3, -0.25) is 4.79 Å². The summed E-state index contributed by atoms with van der Waals surface area (Å²) in [4.78, 5) is 11.9. The summed E-state index contributed by atoms with van der Waals surface area (Å²) in [7, 11) is 0. The topological polar surface area (TPSA) is 64.3 Å². The van der Waals surface area contributed by atoms with Gasteiger partial charge in [-0.2, -0.15) is 0 Å². The molecule has 0 saturated carbocycles. The number of rotatable bonds is 4. The zero-order chi connectivity index (χ0) is 13.1. The number of amides is 1. The number of carbonyl (C=O) groups is 1. The molecule has 1 atom stereocenters. The van der Waals surface area contributed by atoms with Gasteiger partial charge in [-0.1, -0.05) is 11.6 Å². The third kappa shape index (κ3) is 3.31. The number of nitrogens with two attached hydrogens (primary N) is 1. The summed E-state index contributed by atoms with van der Waals surface area (Å²) >= 11 is 7.45. The normalized spacial score (nSPS) is 17.0. The molecule has 2 rings (SSSR count). The van der Waals surface area contributed by atoms with E-state index in [1.54, 1.807) is 30.0 Å². The third-order valence-electron chi connectivity index (χ3n) is 2.64. The second kappa shape index (κ2) is 5.82. The number of nitrogens with one attached hydrogen (secondary N) is 1. The predicted octanol–water partition coefficient (Wildman–Crippen LogP) is 2.38. The molecule has 0 aromatic heterocycles. The minimum absolute atomic E-state index is 0.0337. The van der Waals surface area contributed by atoms with Gasteiger partial charge in [0, 0.05) is 5.69 Å². The van der Waals surface area contributed by atoms with Crippen LogP contribution in [0.1, 0.15) is 6.92 Å². The smallest absolute Gasteiger partial charge is 0.237 e. The zero-order valence-corrected chi connectivity index (χ0v) is 11.6. The summed E-state index contributed by atoms with van der Waals surface area (Å²) in [5.41, 5.74) is 6.81. The molecule has 0 spiro atoms. The number of thioether (sulfide) groups is 1. The maximum absolute atomic E-state index is 11.9. The van der Waals surface area contributed by atoms with E-state index >= 15 is 0 Å². The van der Waals surface area contributed by atoms with Gasteiger partial charge >= 0.3 is 0 Å². The van der Waals surface area contributed by atoms with E-state index in [1.807, 2.05) is 6.92 Å². The standard InChI is InChI=1S/C12H15ClN2O2S/c1-7(18-9-5-17-6-9)12(16)15-8-2-3-10(13)11(14)4-8/h2-4,7,9H,5-6,14H2,1H3,(H,15,16). The molecule has 6 heteroatoms. The first kappa shape index (κ1) is 13.5. The lowest BCUT2D eigenvalue weighted by Crippen LogP contribution is -2.34. The van der Waals surface area contributed by atoms with Crippen LogP contribution in [0.5, 0.6) is 0 Å². The molecule has 1 aromatic rings. The average Bonchev–Trinajstić information content (AvgIpc) is 2.28. The Hall–Kier alpha value is -0.910. The SMILES string of the molecule is CC(SC1COC1)C(=O)Nc1ccc(Cl)c(N)c1. The number of hydrogen-bond donors (Lipinski definition) is 2. The Morgan fingerprint density at radius 3 is 2.89 bits per heavy atom. The Morgan fingerprint density at radius 2 is 2.33 bits per heavy atom. The van der Waals surface area contributed by atoms with Crippen molar-refractivity contribution in [1.82, 2.24) is 0 Å². The van der Waals surface area contributed by atoms with Crippen molar-refractivity contribution >= 4 is 40.6 Å². The molecule has 1 amide bonds. The molecule has 1 fully saturated rings. The predicted molar refractivity (Wildman–Crippen MR) is 76.2 cm³/mol. The number of ether oxygens (including phenoxy) is 1. The van der Waals surface area contributed by atoms with Gasteiger partial charge in [0.05, 0.1) is 34.4 Å². The lowest BCUT2D eigenvalue weighted by atomic mass is 10.2. The molecular weight excluding hydrogens is 272 g/mol. The maximum Gasteiger partial charge on any atom is 0.237 e. The summed E-state index contributed by atoms with van der Waals surface area (Å²) in [5, 5.41) is 3.63. The molecule has 98 valence electrons. The van der Waals surface area contributed by atoms with Gasteiger partial charge in [0.15, 0.2) is 0 Å². The third-order valence-corrected chi connectivity index (χ3v) is 4.26. The molecule has 1 aromatic carbocycles. The molecule has 1 saturated heterocycles. The zero-order valence-electron chi connectivity index (χ0n) is 9.98. The molecule has 1 unspecified atom stereocenters. The Balaban J connectivity index is 1.90. The second-order valence-electron chi connectivity index (χ2n) is 4.16. The summed E-state index contributed by atoms with van der Waals surface area (Å²) in [6, 6.07) is 5.06. The molecular formula is C12H15ClN2O2S. The van der Waals surface area contributed by atoms with Crippen LogP contribution < -0.4 is 11.1 Å². The number of hydrogen-bond acceptors (Lipinski definition) is 4. The molecule has 1 heterocycles. The van der Waals surface area contributed by atoms with E-state index in [0.29, 0.717) is 21.6 Å². The van der Waals surface area contributed by atoms with Crippen LogP contribution in [0.25, 0.3) is 0 Å². The molecule has 4 nitrogen and oxygen atoms in total.